The summed E-state index contributed by atoms with van der Waals surface area (Å²) in [5.41, 5.74) is 4.85. The van der Waals surface area contributed by atoms with Gasteiger partial charge in [0, 0.05) is 37.3 Å². The fraction of sp³-hybridized carbons (Fsp3) is 0.526. The number of likely N-dealkylation sites (tertiary alicyclic amines) is 1. The number of hydrogen-bond acceptors (Lipinski definition) is 11. The van der Waals surface area contributed by atoms with E-state index in [0.717, 1.165) is 35.1 Å². The van der Waals surface area contributed by atoms with Crippen LogP contribution in [-0.4, -0.2) is 125 Å². The van der Waals surface area contributed by atoms with Crippen LogP contribution in [0.5, 0.6) is 0 Å². The average molecular weight is 735 g/mol. The predicted octanol–water partition coefficient (Wildman–Crippen LogP) is 3.37. The minimum atomic E-state index is -0.887. The number of aryl methyl sites for hydroxylation is 2. The Kier molecular flexibility index (Phi) is 15.0. The number of hydrogen-bond donors (Lipinski definition) is 1. The van der Waals surface area contributed by atoms with Crippen molar-refractivity contribution in [3.8, 4) is 11.5 Å². The maximum Gasteiger partial charge on any atom is 0.305 e. The van der Waals surface area contributed by atoms with Crippen LogP contribution in [0, 0.1) is 6.92 Å². The van der Waals surface area contributed by atoms with Crippen LogP contribution in [-0.2, 0) is 40.3 Å². The maximum absolute atomic E-state index is 12.9. The van der Waals surface area contributed by atoms with E-state index in [9.17, 15) is 14.4 Å². The molecular weight excluding hydrogens is 684 g/mol. The minimum Gasteiger partial charge on any atom is -0.481 e. The molecule has 1 atom stereocenters. The van der Waals surface area contributed by atoms with Gasteiger partial charge < -0.3 is 38.3 Å². The summed E-state index contributed by atoms with van der Waals surface area (Å²) in [4.78, 5) is 47.4. The van der Waals surface area contributed by atoms with Crippen LogP contribution in [0.3, 0.4) is 0 Å². The van der Waals surface area contributed by atoms with Crippen LogP contribution >= 0.6 is 0 Å². The lowest BCUT2D eigenvalue weighted by Gasteiger charge is -2.31. The molecule has 53 heavy (non-hydrogen) atoms. The highest BCUT2D eigenvalue weighted by Gasteiger charge is 2.27. The second kappa shape index (κ2) is 20.1. The molecule has 0 saturated carbocycles. The fourth-order valence-electron chi connectivity index (χ4n) is 6.27. The maximum atomic E-state index is 12.9. The monoisotopic (exact) mass is 734 g/mol. The molecule has 1 aromatic carbocycles. The van der Waals surface area contributed by atoms with Crippen molar-refractivity contribution < 1.29 is 38.4 Å². The van der Waals surface area contributed by atoms with Crippen molar-refractivity contribution in [1.82, 2.24) is 29.2 Å². The third-order valence-corrected chi connectivity index (χ3v) is 9.18. The number of carboxylic acid groups (broad SMARTS) is 1. The summed E-state index contributed by atoms with van der Waals surface area (Å²) in [6.07, 6.45) is 3.37. The molecule has 0 spiro atoms. The van der Waals surface area contributed by atoms with E-state index < -0.39 is 5.97 Å². The van der Waals surface area contributed by atoms with Crippen molar-refractivity contribution in [3.63, 3.8) is 0 Å². The molecule has 0 radical (unpaired) electrons. The van der Waals surface area contributed by atoms with Crippen LogP contribution in [0.25, 0.3) is 22.6 Å². The number of piperidine rings is 1. The number of fused-ring (bicyclic) bond motifs is 1. The second-order valence-electron chi connectivity index (χ2n) is 12.9. The van der Waals surface area contributed by atoms with E-state index in [0.29, 0.717) is 83.0 Å². The first kappa shape index (κ1) is 39.7. The van der Waals surface area contributed by atoms with Crippen molar-refractivity contribution in [3.05, 3.63) is 75.8 Å². The number of ether oxygens (including phenoxy) is 5. The summed E-state index contributed by atoms with van der Waals surface area (Å²) >= 11 is 0. The van der Waals surface area contributed by atoms with Gasteiger partial charge in [-0.15, -0.1) is 0 Å². The van der Waals surface area contributed by atoms with Gasteiger partial charge in [0.05, 0.1) is 83.6 Å². The van der Waals surface area contributed by atoms with Crippen LogP contribution in [0.1, 0.15) is 55.0 Å². The molecule has 1 aliphatic rings. The van der Waals surface area contributed by atoms with Gasteiger partial charge in [-0.1, -0.05) is 30.3 Å². The van der Waals surface area contributed by atoms with E-state index in [2.05, 4.69) is 34.8 Å². The second-order valence-corrected chi connectivity index (χ2v) is 12.9. The van der Waals surface area contributed by atoms with E-state index in [1.54, 1.807) is 20.0 Å². The zero-order valence-corrected chi connectivity index (χ0v) is 30.8. The molecular formula is C38H50N6O9. The fourth-order valence-corrected chi connectivity index (χ4v) is 6.27. The van der Waals surface area contributed by atoms with E-state index in [1.165, 1.54) is 4.68 Å². The summed E-state index contributed by atoms with van der Waals surface area (Å²) in [5, 5.41) is 13.1. The van der Waals surface area contributed by atoms with Gasteiger partial charge >= 0.3 is 5.97 Å². The Balaban J connectivity index is 1.06. The lowest BCUT2D eigenvalue weighted by atomic mass is 9.93. The Labute approximate surface area is 308 Å². The SMILES string of the molecule is Cc1cc(-c2nc3cnc(C4CCN(C(=O)COCCOCCOCCOCCOCCC(=O)O)CC4)cc3n2[C@@H](C)c2ccccc2)nn(C)c1=O. The third-order valence-electron chi connectivity index (χ3n) is 9.18. The van der Waals surface area contributed by atoms with Crippen LogP contribution in [0.15, 0.2) is 53.5 Å². The largest absolute Gasteiger partial charge is 0.481 e. The van der Waals surface area contributed by atoms with E-state index in [1.807, 2.05) is 29.3 Å². The molecule has 0 bridgehead atoms. The van der Waals surface area contributed by atoms with Gasteiger partial charge in [0.15, 0.2) is 5.82 Å². The highest BCUT2D eigenvalue weighted by atomic mass is 16.6. The van der Waals surface area contributed by atoms with Crippen LogP contribution < -0.4 is 5.56 Å². The first-order chi connectivity index (χ1) is 25.7. The number of imidazole rings is 1. The highest BCUT2D eigenvalue weighted by molar-refractivity contribution is 5.80. The van der Waals surface area contributed by atoms with Gasteiger partial charge in [0.1, 0.15) is 17.8 Å². The minimum absolute atomic E-state index is 0.00399. The average Bonchev–Trinajstić information content (AvgIpc) is 3.55. The number of pyridine rings is 1. The number of benzene rings is 1. The van der Waals surface area contributed by atoms with Gasteiger partial charge in [-0.2, -0.15) is 5.10 Å². The van der Waals surface area contributed by atoms with E-state index >= 15 is 0 Å². The van der Waals surface area contributed by atoms with Crippen molar-refractivity contribution in [1.29, 1.82) is 0 Å². The van der Waals surface area contributed by atoms with Gasteiger partial charge in [-0.3, -0.25) is 19.4 Å². The number of carbonyl (C=O) groups excluding carboxylic acids is 1. The van der Waals surface area contributed by atoms with Gasteiger partial charge in [0.2, 0.25) is 5.91 Å². The van der Waals surface area contributed by atoms with Gasteiger partial charge in [-0.05, 0) is 44.4 Å². The molecule has 15 heteroatoms. The molecule has 1 saturated heterocycles. The summed E-state index contributed by atoms with van der Waals surface area (Å²) < 4.78 is 30.6. The Morgan fingerprint density at radius 3 is 2.09 bits per heavy atom. The first-order valence-corrected chi connectivity index (χ1v) is 18.1. The Morgan fingerprint density at radius 1 is 0.887 bits per heavy atom. The molecule has 4 heterocycles. The third kappa shape index (κ3) is 11.2. The Morgan fingerprint density at radius 2 is 1.49 bits per heavy atom. The van der Waals surface area contributed by atoms with E-state index in [-0.39, 0.29) is 43.1 Å². The Bertz CT molecular complexity index is 1810. The lowest BCUT2D eigenvalue weighted by Crippen LogP contribution is -2.40. The van der Waals surface area contributed by atoms with Gasteiger partial charge in [0.25, 0.3) is 5.56 Å². The van der Waals surface area contributed by atoms with Crippen molar-refractivity contribution >= 4 is 22.9 Å². The molecule has 1 amide bonds. The quantitative estimate of drug-likeness (QED) is 0.124. The Hall–Kier alpha value is -4.54. The normalized spacial score (nSPS) is 14.2. The molecule has 1 aliphatic heterocycles. The highest BCUT2D eigenvalue weighted by Crippen LogP contribution is 2.34. The first-order valence-electron chi connectivity index (χ1n) is 18.1. The molecule has 0 unspecified atom stereocenters. The lowest BCUT2D eigenvalue weighted by molar-refractivity contribution is -0.139. The zero-order valence-electron chi connectivity index (χ0n) is 30.8. The molecule has 15 nitrogen and oxygen atoms in total. The molecule has 286 valence electrons. The molecule has 1 N–H and O–H groups in total. The molecule has 0 aliphatic carbocycles. The number of carbonyl (C=O) groups is 2. The smallest absolute Gasteiger partial charge is 0.305 e. The number of nitrogens with zero attached hydrogens (tertiary/aromatic N) is 6. The topological polar surface area (TPSA) is 169 Å². The molecule has 4 aromatic rings. The number of amides is 1. The zero-order chi connectivity index (χ0) is 37.6. The number of aliphatic carboxylic acids is 1. The van der Waals surface area contributed by atoms with Crippen LogP contribution in [0.2, 0.25) is 0 Å². The van der Waals surface area contributed by atoms with Crippen molar-refractivity contribution in [2.75, 3.05) is 79.2 Å². The number of aromatic nitrogens is 5. The summed E-state index contributed by atoms with van der Waals surface area (Å²) in [5.74, 6) is -0.0672. The summed E-state index contributed by atoms with van der Waals surface area (Å²) in [6.45, 7) is 8.37. The van der Waals surface area contributed by atoms with E-state index in [4.69, 9.17) is 38.8 Å². The van der Waals surface area contributed by atoms with Crippen molar-refractivity contribution in [2.45, 2.75) is 45.1 Å². The number of carboxylic acids is 1. The van der Waals surface area contributed by atoms with Crippen molar-refractivity contribution in [2.24, 2.45) is 7.05 Å². The summed E-state index contributed by atoms with van der Waals surface area (Å²) in [7, 11) is 1.65. The number of rotatable bonds is 21. The molecule has 1 fully saturated rings. The summed E-state index contributed by atoms with van der Waals surface area (Å²) in [6, 6.07) is 14.1. The van der Waals surface area contributed by atoms with Gasteiger partial charge in [-0.25, -0.2) is 9.67 Å². The standard InChI is InChI=1S/C38H50N6O9/c1-27-23-32(41-42(3)38(27)48)37-40-33-25-39-31(24-34(33)44(37)28(2)29-7-5-4-6-8-29)30-9-12-43(13-10-30)35(45)26-53-22-21-52-20-19-51-18-17-50-16-15-49-14-11-36(46)47/h4-8,23-25,28,30H,9-22,26H2,1-3H3,(H,46,47)/t28-/m0/s1. The van der Waals surface area contributed by atoms with Crippen LogP contribution in [0.4, 0.5) is 0 Å². The molecule has 3 aromatic heterocycles. The molecule has 5 rings (SSSR count). The predicted molar refractivity (Wildman–Crippen MR) is 196 cm³/mol.